The van der Waals surface area contributed by atoms with Gasteiger partial charge >= 0.3 is 0 Å². The molecule has 1 atom stereocenters. The number of likely N-dealkylation sites (tertiary alicyclic amines) is 1. The fourth-order valence-electron chi connectivity index (χ4n) is 2.89. The van der Waals surface area contributed by atoms with Crippen molar-refractivity contribution in [2.75, 3.05) is 45.8 Å². The van der Waals surface area contributed by atoms with Crippen LogP contribution < -0.4 is 5.32 Å². The van der Waals surface area contributed by atoms with E-state index in [9.17, 15) is 4.79 Å². The Kier molecular flexibility index (Phi) is 4.28. The number of carbonyl (C=O) groups is 1. The predicted octanol–water partition coefficient (Wildman–Crippen LogP) is 0.786. The van der Waals surface area contributed by atoms with Crippen LogP contribution in [-0.4, -0.2) is 61.5 Å². The average Bonchev–Trinajstić information content (AvgIpc) is 2.78. The Balaban J connectivity index is 1.78. The van der Waals surface area contributed by atoms with Crippen LogP contribution in [0.2, 0.25) is 0 Å². The number of piperazine rings is 1. The maximum atomic E-state index is 12.2. The molecule has 2 saturated heterocycles. The van der Waals surface area contributed by atoms with Crippen LogP contribution >= 0.6 is 0 Å². The van der Waals surface area contributed by atoms with Gasteiger partial charge in [-0.15, -0.1) is 0 Å². The Morgan fingerprint density at radius 2 is 1.89 bits per heavy atom. The lowest BCUT2D eigenvalue weighted by molar-refractivity contribution is -0.132. The molecule has 1 N–H and O–H groups in total. The summed E-state index contributed by atoms with van der Waals surface area (Å²) in [6, 6.07) is 0. The van der Waals surface area contributed by atoms with Gasteiger partial charge < -0.3 is 10.2 Å². The average molecular weight is 253 g/mol. The fraction of sp³-hybridized carbons (Fsp3) is 0.929. The number of hydrogen-bond acceptors (Lipinski definition) is 3. The molecule has 104 valence electrons. The minimum atomic E-state index is 0.311. The van der Waals surface area contributed by atoms with Gasteiger partial charge in [0.25, 0.3) is 0 Å². The molecule has 4 heteroatoms. The molecule has 2 fully saturated rings. The van der Waals surface area contributed by atoms with Gasteiger partial charge in [0.05, 0.1) is 6.54 Å². The van der Waals surface area contributed by atoms with Crippen molar-refractivity contribution >= 4 is 5.91 Å². The smallest absolute Gasteiger partial charge is 0.236 e. The molecule has 0 aliphatic carbocycles. The largest absolute Gasteiger partial charge is 0.339 e. The number of nitrogens with zero attached hydrogens (tertiary/aromatic N) is 2. The quantitative estimate of drug-likeness (QED) is 0.790. The Hall–Kier alpha value is -0.610. The first-order valence-electron chi connectivity index (χ1n) is 7.17. The van der Waals surface area contributed by atoms with Crippen molar-refractivity contribution in [3.05, 3.63) is 0 Å². The van der Waals surface area contributed by atoms with Gasteiger partial charge in [0.2, 0.25) is 5.91 Å². The van der Waals surface area contributed by atoms with E-state index >= 15 is 0 Å². The third-order valence-electron chi connectivity index (χ3n) is 4.33. The number of rotatable bonds is 2. The molecule has 0 saturated carbocycles. The molecule has 2 aliphatic rings. The molecule has 2 heterocycles. The zero-order valence-corrected chi connectivity index (χ0v) is 12.0. The topological polar surface area (TPSA) is 35.6 Å². The highest BCUT2D eigenvalue weighted by molar-refractivity contribution is 5.78. The molecule has 0 spiro atoms. The van der Waals surface area contributed by atoms with Crippen molar-refractivity contribution in [3.63, 3.8) is 0 Å². The van der Waals surface area contributed by atoms with Crippen LogP contribution in [0.1, 0.15) is 27.2 Å². The van der Waals surface area contributed by atoms with Crippen LogP contribution in [0, 0.1) is 11.3 Å². The molecular weight excluding hydrogens is 226 g/mol. The summed E-state index contributed by atoms with van der Waals surface area (Å²) in [6.45, 7) is 13.3. The summed E-state index contributed by atoms with van der Waals surface area (Å²) < 4.78 is 0. The van der Waals surface area contributed by atoms with Crippen molar-refractivity contribution in [1.82, 2.24) is 15.1 Å². The molecule has 18 heavy (non-hydrogen) atoms. The van der Waals surface area contributed by atoms with Crippen molar-refractivity contribution in [1.29, 1.82) is 0 Å². The van der Waals surface area contributed by atoms with E-state index < -0.39 is 0 Å². The summed E-state index contributed by atoms with van der Waals surface area (Å²) >= 11 is 0. The van der Waals surface area contributed by atoms with E-state index in [4.69, 9.17) is 0 Å². The standard InChI is InChI=1S/C14H27N3O/c1-14(2,3)12-4-7-16(10-12)11-13(18)17-8-5-15-6-9-17/h12,15H,4-11H2,1-3H3. The summed E-state index contributed by atoms with van der Waals surface area (Å²) in [4.78, 5) is 16.5. The van der Waals surface area contributed by atoms with Crippen molar-refractivity contribution in [2.24, 2.45) is 11.3 Å². The zero-order valence-electron chi connectivity index (χ0n) is 12.0. The molecule has 0 aromatic rings. The van der Waals surface area contributed by atoms with Gasteiger partial charge in [-0.2, -0.15) is 0 Å². The van der Waals surface area contributed by atoms with Crippen LogP contribution in [0.5, 0.6) is 0 Å². The second-order valence-electron chi connectivity index (χ2n) is 6.72. The van der Waals surface area contributed by atoms with Crippen molar-refractivity contribution < 1.29 is 4.79 Å². The molecule has 2 rings (SSSR count). The van der Waals surface area contributed by atoms with E-state index in [0.717, 1.165) is 45.2 Å². The third kappa shape index (κ3) is 3.45. The van der Waals surface area contributed by atoms with Gasteiger partial charge in [0.1, 0.15) is 0 Å². The Morgan fingerprint density at radius 3 is 2.44 bits per heavy atom. The number of hydrogen-bond donors (Lipinski definition) is 1. The summed E-state index contributed by atoms with van der Waals surface area (Å²) in [5, 5.41) is 3.28. The first kappa shape index (κ1) is 13.8. The highest BCUT2D eigenvalue weighted by atomic mass is 16.2. The first-order chi connectivity index (χ1) is 8.47. The van der Waals surface area contributed by atoms with Gasteiger partial charge in [-0.3, -0.25) is 9.69 Å². The molecule has 1 unspecified atom stereocenters. The molecule has 2 aliphatic heterocycles. The fourth-order valence-corrected chi connectivity index (χ4v) is 2.89. The zero-order chi connectivity index (χ0) is 13.2. The highest BCUT2D eigenvalue weighted by Gasteiger charge is 2.32. The second-order valence-corrected chi connectivity index (χ2v) is 6.72. The maximum Gasteiger partial charge on any atom is 0.236 e. The predicted molar refractivity (Wildman–Crippen MR) is 73.5 cm³/mol. The van der Waals surface area contributed by atoms with E-state index in [0.29, 0.717) is 17.9 Å². The maximum absolute atomic E-state index is 12.2. The van der Waals surface area contributed by atoms with Crippen LogP contribution in [0.25, 0.3) is 0 Å². The minimum Gasteiger partial charge on any atom is -0.339 e. The summed E-state index contributed by atoms with van der Waals surface area (Å²) in [5.41, 5.74) is 0.368. The number of carbonyl (C=O) groups excluding carboxylic acids is 1. The summed E-state index contributed by atoms with van der Waals surface area (Å²) in [6.07, 6.45) is 1.23. The Bertz CT molecular complexity index is 292. The molecule has 4 nitrogen and oxygen atoms in total. The van der Waals surface area contributed by atoms with E-state index in [-0.39, 0.29) is 0 Å². The van der Waals surface area contributed by atoms with Crippen LogP contribution in [0.15, 0.2) is 0 Å². The Labute approximate surface area is 111 Å². The van der Waals surface area contributed by atoms with Gasteiger partial charge in [-0.05, 0) is 24.3 Å². The van der Waals surface area contributed by atoms with Crippen molar-refractivity contribution in [3.8, 4) is 0 Å². The molecule has 0 aromatic carbocycles. The van der Waals surface area contributed by atoms with Crippen molar-refractivity contribution in [2.45, 2.75) is 27.2 Å². The van der Waals surface area contributed by atoms with Crippen LogP contribution in [0.4, 0.5) is 0 Å². The van der Waals surface area contributed by atoms with Gasteiger partial charge in [0.15, 0.2) is 0 Å². The summed E-state index contributed by atoms with van der Waals surface area (Å²) in [7, 11) is 0. The van der Waals surface area contributed by atoms with E-state index in [2.05, 4.69) is 31.0 Å². The lowest BCUT2D eigenvalue weighted by Crippen LogP contribution is -2.49. The highest BCUT2D eigenvalue weighted by Crippen LogP contribution is 2.33. The number of nitrogens with one attached hydrogen (secondary N) is 1. The SMILES string of the molecule is CC(C)(C)C1CCN(CC(=O)N2CCNCC2)C1. The monoisotopic (exact) mass is 253 g/mol. The van der Waals surface area contributed by atoms with E-state index in [1.165, 1.54) is 6.42 Å². The first-order valence-corrected chi connectivity index (χ1v) is 7.17. The lowest BCUT2D eigenvalue weighted by atomic mass is 9.80. The van der Waals surface area contributed by atoms with E-state index in [1.54, 1.807) is 0 Å². The van der Waals surface area contributed by atoms with Gasteiger partial charge in [-0.1, -0.05) is 20.8 Å². The van der Waals surface area contributed by atoms with Gasteiger partial charge in [0, 0.05) is 32.7 Å². The molecule has 0 aromatic heterocycles. The number of amides is 1. The second kappa shape index (κ2) is 5.57. The molecule has 0 bridgehead atoms. The van der Waals surface area contributed by atoms with Gasteiger partial charge in [-0.25, -0.2) is 0 Å². The minimum absolute atomic E-state index is 0.311. The molecule has 1 amide bonds. The molecular formula is C14H27N3O. The van der Waals surface area contributed by atoms with E-state index in [1.807, 2.05) is 4.90 Å². The summed E-state index contributed by atoms with van der Waals surface area (Å²) in [5.74, 6) is 1.04. The normalized spacial score (nSPS) is 26.6. The molecule has 0 radical (unpaired) electrons. The lowest BCUT2D eigenvalue weighted by Gasteiger charge is -2.30. The van der Waals surface area contributed by atoms with Crippen LogP contribution in [0.3, 0.4) is 0 Å². The Morgan fingerprint density at radius 1 is 1.22 bits per heavy atom. The third-order valence-corrected chi connectivity index (χ3v) is 4.33. The van der Waals surface area contributed by atoms with Crippen LogP contribution in [-0.2, 0) is 4.79 Å².